The summed E-state index contributed by atoms with van der Waals surface area (Å²) in [6, 6.07) is 0. The molecule has 0 N–H and O–H groups in total. The predicted octanol–water partition coefficient (Wildman–Crippen LogP) is 3.35. The largest absolute Gasteiger partial charge is 0.299 e. The number of rotatable bonds is 0. The first-order chi connectivity index (χ1) is 6.56. The van der Waals surface area contributed by atoms with E-state index in [-0.39, 0.29) is 5.41 Å². The van der Waals surface area contributed by atoms with Crippen molar-refractivity contribution >= 4 is 5.78 Å². The van der Waals surface area contributed by atoms with Gasteiger partial charge in [0.2, 0.25) is 0 Å². The molecule has 3 unspecified atom stereocenters. The molecule has 0 bridgehead atoms. The van der Waals surface area contributed by atoms with Crippen molar-refractivity contribution in [3.8, 4) is 0 Å². The van der Waals surface area contributed by atoms with Crippen LogP contribution in [0.1, 0.15) is 46.5 Å². The molecular formula is C13H20O. The van der Waals surface area contributed by atoms with Crippen LogP contribution < -0.4 is 0 Å². The lowest BCUT2D eigenvalue weighted by Crippen LogP contribution is -2.39. The molecule has 14 heavy (non-hydrogen) atoms. The lowest BCUT2D eigenvalue weighted by atomic mass is 9.62. The Balaban J connectivity index is 2.36. The summed E-state index contributed by atoms with van der Waals surface area (Å²) < 4.78 is 0. The Morgan fingerprint density at radius 2 is 2.14 bits per heavy atom. The molecule has 0 radical (unpaired) electrons. The molecule has 1 fully saturated rings. The van der Waals surface area contributed by atoms with Crippen LogP contribution in [-0.4, -0.2) is 5.78 Å². The first kappa shape index (κ1) is 9.95. The molecule has 78 valence electrons. The predicted molar refractivity (Wildman–Crippen MR) is 58.0 cm³/mol. The molecule has 0 amide bonds. The van der Waals surface area contributed by atoms with Gasteiger partial charge in [-0.1, -0.05) is 25.5 Å². The highest BCUT2D eigenvalue weighted by Gasteiger charge is 2.48. The van der Waals surface area contributed by atoms with Crippen molar-refractivity contribution in [1.29, 1.82) is 0 Å². The fraction of sp³-hybridized carbons (Fsp3) is 0.769. The maximum atomic E-state index is 12.0. The Bertz CT molecular complexity index is 290. The minimum absolute atomic E-state index is 0.0260. The van der Waals surface area contributed by atoms with Gasteiger partial charge < -0.3 is 0 Å². The average Bonchev–Trinajstić information content (AvgIpc) is 2.45. The van der Waals surface area contributed by atoms with E-state index < -0.39 is 0 Å². The summed E-state index contributed by atoms with van der Waals surface area (Å²) in [5.74, 6) is 1.65. The topological polar surface area (TPSA) is 17.1 Å². The maximum absolute atomic E-state index is 12.0. The van der Waals surface area contributed by atoms with Crippen LogP contribution in [0.3, 0.4) is 0 Å². The Morgan fingerprint density at radius 3 is 2.71 bits per heavy atom. The third kappa shape index (κ3) is 1.25. The highest BCUT2D eigenvalue weighted by Crippen LogP contribution is 2.51. The van der Waals surface area contributed by atoms with E-state index in [1.165, 1.54) is 5.57 Å². The number of Topliss-reactive ketones (excluding diaryl/α,β-unsaturated/α-hetero) is 1. The van der Waals surface area contributed by atoms with Gasteiger partial charge in [0.1, 0.15) is 5.78 Å². The third-order valence-corrected chi connectivity index (χ3v) is 4.38. The first-order valence-electron chi connectivity index (χ1n) is 5.77. The molecule has 3 atom stereocenters. The molecule has 2 aliphatic rings. The van der Waals surface area contributed by atoms with Gasteiger partial charge in [-0.15, -0.1) is 0 Å². The molecule has 1 heteroatoms. The van der Waals surface area contributed by atoms with Gasteiger partial charge in [-0.05, 0) is 38.0 Å². The Labute approximate surface area is 86.6 Å². The molecule has 0 heterocycles. The molecule has 0 aliphatic heterocycles. The van der Waals surface area contributed by atoms with Crippen LogP contribution in [0, 0.1) is 17.3 Å². The second-order valence-electron chi connectivity index (χ2n) is 5.27. The Kier molecular flexibility index (Phi) is 2.29. The molecule has 0 aromatic rings. The highest BCUT2D eigenvalue weighted by molar-refractivity contribution is 5.87. The Morgan fingerprint density at radius 1 is 1.43 bits per heavy atom. The summed E-state index contributed by atoms with van der Waals surface area (Å²) in [5, 5.41) is 0. The van der Waals surface area contributed by atoms with Crippen molar-refractivity contribution in [2.45, 2.75) is 46.5 Å². The summed E-state index contributed by atoms with van der Waals surface area (Å²) >= 11 is 0. The SMILES string of the molecule is CC1=CC(C)C(C)C2(CCCC2=O)C1. The van der Waals surface area contributed by atoms with Gasteiger partial charge in [0.25, 0.3) is 0 Å². The van der Waals surface area contributed by atoms with Crippen LogP contribution in [0.2, 0.25) is 0 Å². The lowest BCUT2D eigenvalue weighted by Gasteiger charge is -2.41. The molecule has 1 spiro atoms. The van der Waals surface area contributed by atoms with Crippen molar-refractivity contribution in [1.82, 2.24) is 0 Å². The van der Waals surface area contributed by atoms with Crippen molar-refractivity contribution in [3.05, 3.63) is 11.6 Å². The maximum Gasteiger partial charge on any atom is 0.139 e. The molecule has 1 nitrogen and oxygen atoms in total. The molecule has 2 aliphatic carbocycles. The molecule has 0 aromatic carbocycles. The molecule has 2 rings (SSSR count). The molecular weight excluding hydrogens is 172 g/mol. The summed E-state index contributed by atoms with van der Waals surface area (Å²) in [4.78, 5) is 12.0. The number of allylic oxidation sites excluding steroid dienone is 2. The summed E-state index contributed by atoms with van der Waals surface area (Å²) in [7, 11) is 0. The molecule has 1 saturated carbocycles. The minimum atomic E-state index is 0.0260. The van der Waals surface area contributed by atoms with Gasteiger partial charge in [0.15, 0.2) is 0 Å². The summed E-state index contributed by atoms with van der Waals surface area (Å²) in [6.07, 6.45) is 6.44. The van der Waals surface area contributed by atoms with Gasteiger partial charge in [-0.3, -0.25) is 4.79 Å². The zero-order valence-electron chi connectivity index (χ0n) is 9.47. The van der Waals surface area contributed by atoms with Gasteiger partial charge in [0, 0.05) is 11.8 Å². The smallest absolute Gasteiger partial charge is 0.139 e. The van der Waals surface area contributed by atoms with Crippen molar-refractivity contribution in [2.24, 2.45) is 17.3 Å². The zero-order chi connectivity index (χ0) is 10.3. The van der Waals surface area contributed by atoms with Crippen LogP contribution in [0.25, 0.3) is 0 Å². The van der Waals surface area contributed by atoms with Crippen LogP contribution in [0.5, 0.6) is 0 Å². The van der Waals surface area contributed by atoms with E-state index in [1.807, 2.05) is 0 Å². The van der Waals surface area contributed by atoms with Crippen molar-refractivity contribution in [2.75, 3.05) is 0 Å². The standard InChI is InChI=1S/C13H20O/c1-9-7-10(2)11(3)13(8-9)6-4-5-12(13)14/h7,10-11H,4-6,8H2,1-3H3. The van der Waals surface area contributed by atoms with E-state index in [9.17, 15) is 4.79 Å². The van der Waals surface area contributed by atoms with Gasteiger partial charge in [-0.25, -0.2) is 0 Å². The number of carbonyl (C=O) groups is 1. The van der Waals surface area contributed by atoms with Gasteiger partial charge >= 0.3 is 0 Å². The fourth-order valence-corrected chi connectivity index (χ4v) is 3.44. The van der Waals surface area contributed by atoms with E-state index in [0.29, 0.717) is 17.6 Å². The highest BCUT2D eigenvalue weighted by atomic mass is 16.1. The fourth-order valence-electron chi connectivity index (χ4n) is 3.44. The normalized spacial score (nSPS) is 43.1. The minimum Gasteiger partial charge on any atom is -0.299 e. The second kappa shape index (κ2) is 3.22. The van der Waals surface area contributed by atoms with Gasteiger partial charge in [-0.2, -0.15) is 0 Å². The van der Waals surface area contributed by atoms with E-state index in [0.717, 1.165) is 25.7 Å². The number of ketones is 1. The van der Waals surface area contributed by atoms with Crippen LogP contribution in [-0.2, 0) is 4.79 Å². The zero-order valence-corrected chi connectivity index (χ0v) is 9.47. The quantitative estimate of drug-likeness (QED) is 0.538. The molecule has 0 aromatic heterocycles. The molecule has 0 saturated heterocycles. The van der Waals surface area contributed by atoms with Crippen LogP contribution >= 0.6 is 0 Å². The van der Waals surface area contributed by atoms with Crippen molar-refractivity contribution in [3.63, 3.8) is 0 Å². The monoisotopic (exact) mass is 192 g/mol. The average molecular weight is 192 g/mol. The number of hydrogen-bond donors (Lipinski definition) is 0. The van der Waals surface area contributed by atoms with Crippen LogP contribution in [0.15, 0.2) is 11.6 Å². The van der Waals surface area contributed by atoms with Crippen molar-refractivity contribution < 1.29 is 4.79 Å². The first-order valence-corrected chi connectivity index (χ1v) is 5.77. The second-order valence-corrected chi connectivity index (χ2v) is 5.27. The lowest BCUT2D eigenvalue weighted by molar-refractivity contribution is -0.129. The van der Waals surface area contributed by atoms with E-state index in [2.05, 4.69) is 26.8 Å². The van der Waals surface area contributed by atoms with E-state index in [1.54, 1.807) is 0 Å². The summed E-state index contributed by atoms with van der Waals surface area (Å²) in [6.45, 7) is 6.69. The van der Waals surface area contributed by atoms with E-state index in [4.69, 9.17) is 0 Å². The Hall–Kier alpha value is -0.590. The van der Waals surface area contributed by atoms with Crippen LogP contribution in [0.4, 0.5) is 0 Å². The third-order valence-electron chi connectivity index (χ3n) is 4.38. The number of hydrogen-bond acceptors (Lipinski definition) is 1. The van der Waals surface area contributed by atoms with E-state index >= 15 is 0 Å². The summed E-state index contributed by atoms with van der Waals surface area (Å²) in [5.41, 5.74) is 1.45. The van der Waals surface area contributed by atoms with Gasteiger partial charge in [0.05, 0.1) is 0 Å². The number of carbonyl (C=O) groups excluding carboxylic acids is 1.